The van der Waals surface area contributed by atoms with Gasteiger partial charge in [-0.05, 0) is 23.8 Å². The average Bonchev–Trinajstić information content (AvgIpc) is 2.94. The Labute approximate surface area is 134 Å². The highest BCUT2D eigenvalue weighted by atomic mass is 19.1. The molecule has 2 heterocycles. The molecule has 4 rings (SSSR count). The van der Waals surface area contributed by atoms with E-state index in [1.807, 2.05) is 24.3 Å². The fraction of sp³-hybridized carbons (Fsp3) is 0.263. The van der Waals surface area contributed by atoms with Gasteiger partial charge >= 0.3 is 0 Å². The smallest absolute Gasteiger partial charge is 0.124 e. The lowest BCUT2D eigenvalue weighted by atomic mass is 10.2. The monoisotopic (exact) mass is 310 g/mol. The predicted molar refractivity (Wildman–Crippen MR) is 90.5 cm³/mol. The molecule has 1 fully saturated rings. The summed E-state index contributed by atoms with van der Waals surface area (Å²) in [5, 5.41) is 0.975. The van der Waals surface area contributed by atoms with Gasteiger partial charge in [-0.15, -0.1) is 0 Å². The molecule has 0 radical (unpaired) electrons. The fourth-order valence-electron chi connectivity index (χ4n) is 3.22. The number of rotatable bonds is 3. The molecule has 3 nitrogen and oxygen atoms in total. The van der Waals surface area contributed by atoms with Crippen molar-refractivity contribution in [2.24, 2.45) is 0 Å². The number of hydrogen-bond donors (Lipinski definition) is 0. The van der Waals surface area contributed by atoms with Crippen molar-refractivity contribution >= 4 is 16.6 Å². The zero-order valence-electron chi connectivity index (χ0n) is 12.9. The average molecular weight is 310 g/mol. The second-order valence-corrected chi connectivity index (χ2v) is 5.89. The predicted octanol–water partition coefficient (Wildman–Crippen LogP) is 3.67. The Kier molecular flexibility index (Phi) is 3.75. The van der Waals surface area contributed by atoms with E-state index in [2.05, 4.69) is 27.8 Å². The summed E-state index contributed by atoms with van der Waals surface area (Å²) >= 11 is 0. The molecular weight excluding hydrogens is 291 g/mol. The summed E-state index contributed by atoms with van der Waals surface area (Å²) in [6, 6.07) is 15.4. The summed E-state index contributed by atoms with van der Waals surface area (Å²) in [6.07, 6.45) is 2.14. The number of nitrogens with zero attached hydrogens (tertiary/aromatic N) is 2. The zero-order chi connectivity index (χ0) is 15.6. The molecule has 0 saturated carbocycles. The molecule has 0 bridgehead atoms. The second-order valence-electron chi connectivity index (χ2n) is 5.89. The quantitative estimate of drug-likeness (QED) is 0.734. The van der Waals surface area contributed by atoms with Crippen molar-refractivity contribution < 1.29 is 9.13 Å². The van der Waals surface area contributed by atoms with Crippen LogP contribution < -0.4 is 4.90 Å². The maximum absolute atomic E-state index is 13.8. The third-order valence-corrected chi connectivity index (χ3v) is 4.37. The highest BCUT2D eigenvalue weighted by molar-refractivity contribution is 5.93. The van der Waals surface area contributed by atoms with Crippen LogP contribution in [-0.2, 0) is 11.3 Å². The lowest BCUT2D eigenvalue weighted by Crippen LogP contribution is -2.36. The first-order valence-corrected chi connectivity index (χ1v) is 7.96. The first-order valence-electron chi connectivity index (χ1n) is 7.96. The molecule has 4 heteroatoms. The Morgan fingerprint density at radius 2 is 1.78 bits per heavy atom. The zero-order valence-corrected chi connectivity index (χ0v) is 12.9. The number of anilines is 1. The molecular formula is C19H19FN2O. The lowest BCUT2D eigenvalue weighted by Gasteiger charge is -2.28. The molecule has 3 aromatic rings. The summed E-state index contributed by atoms with van der Waals surface area (Å²) < 4.78 is 21.4. The van der Waals surface area contributed by atoms with Gasteiger partial charge in [-0.3, -0.25) is 0 Å². The Morgan fingerprint density at radius 1 is 1.00 bits per heavy atom. The van der Waals surface area contributed by atoms with Crippen molar-refractivity contribution in [1.82, 2.24) is 4.57 Å². The van der Waals surface area contributed by atoms with Gasteiger partial charge < -0.3 is 14.2 Å². The van der Waals surface area contributed by atoms with Crippen LogP contribution in [0, 0.1) is 5.82 Å². The van der Waals surface area contributed by atoms with Gasteiger partial charge in [-0.1, -0.05) is 30.3 Å². The summed E-state index contributed by atoms with van der Waals surface area (Å²) in [4.78, 5) is 2.28. The lowest BCUT2D eigenvalue weighted by molar-refractivity contribution is 0.123. The molecule has 0 unspecified atom stereocenters. The summed E-state index contributed by atoms with van der Waals surface area (Å²) in [7, 11) is 0. The third-order valence-electron chi connectivity index (χ3n) is 4.37. The maximum atomic E-state index is 13.8. The highest BCUT2D eigenvalue weighted by Crippen LogP contribution is 2.31. The Morgan fingerprint density at radius 3 is 2.57 bits per heavy atom. The summed E-state index contributed by atoms with van der Waals surface area (Å²) in [5.74, 6) is -0.190. The minimum absolute atomic E-state index is 0.190. The van der Waals surface area contributed by atoms with E-state index in [0.717, 1.165) is 49.4 Å². The van der Waals surface area contributed by atoms with Crippen molar-refractivity contribution in [3.05, 3.63) is 66.1 Å². The Bertz CT molecular complexity index is 807. The van der Waals surface area contributed by atoms with E-state index in [0.29, 0.717) is 0 Å². The van der Waals surface area contributed by atoms with Gasteiger partial charge in [-0.25, -0.2) is 4.39 Å². The van der Waals surface area contributed by atoms with Crippen LogP contribution in [0.1, 0.15) is 5.56 Å². The van der Waals surface area contributed by atoms with Crippen LogP contribution in [0.15, 0.2) is 54.7 Å². The van der Waals surface area contributed by atoms with Gasteiger partial charge in [0.05, 0.1) is 24.4 Å². The molecule has 1 saturated heterocycles. The molecule has 0 amide bonds. The van der Waals surface area contributed by atoms with Gasteiger partial charge in [0.2, 0.25) is 0 Å². The van der Waals surface area contributed by atoms with Gasteiger partial charge in [0.15, 0.2) is 0 Å². The first-order chi connectivity index (χ1) is 11.3. The maximum Gasteiger partial charge on any atom is 0.124 e. The van der Waals surface area contributed by atoms with Gasteiger partial charge in [0.1, 0.15) is 5.82 Å². The minimum atomic E-state index is -0.190. The van der Waals surface area contributed by atoms with Crippen LogP contribution >= 0.6 is 0 Å². The standard InChI is InChI=1S/C19H19FN2O/c20-16-6-7-18-17(12-16)19(21-8-10-23-11-9-21)14-22(18)13-15-4-2-1-3-5-15/h1-7,12,14H,8-11,13H2. The third kappa shape index (κ3) is 2.82. The van der Waals surface area contributed by atoms with Crippen molar-refractivity contribution in [3.8, 4) is 0 Å². The summed E-state index contributed by atoms with van der Waals surface area (Å²) in [5.41, 5.74) is 3.40. The van der Waals surface area contributed by atoms with E-state index in [1.165, 1.54) is 11.6 Å². The number of halogens is 1. The number of morpholine rings is 1. The van der Waals surface area contributed by atoms with Crippen LogP contribution in [0.3, 0.4) is 0 Å². The van der Waals surface area contributed by atoms with Crippen LogP contribution in [0.25, 0.3) is 10.9 Å². The van der Waals surface area contributed by atoms with E-state index in [9.17, 15) is 4.39 Å². The van der Waals surface area contributed by atoms with Gasteiger partial charge in [0.25, 0.3) is 0 Å². The largest absolute Gasteiger partial charge is 0.378 e. The Hall–Kier alpha value is -2.33. The van der Waals surface area contributed by atoms with Gasteiger partial charge in [-0.2, -0.15) is 0 Å². The first kappa shape index (κ1) is 14.3. The molecule has 0 spiro atoms. The van der Waals surface area contributed by atoms with Crippen LogP contribution in [0.2, 0.25) is 0 Å². The van der Waals surface area contributed by atoms with Gasteiger partial charge in [0, 0.05) is 31.2 Å². The molecule has 118 valence electrons. The van der Waals surface area contributed by atoms with E-state index in [1.54, 1.807) is 6.07 Å². The van der Waals surface area contributed by atoms with Crippen molar-refractivity contribution in [2.75, 3.05) is 31.2 Å². The number of fused-ring (bicyclic) bond motifs is 1. The van der Waals surface area contributed by atoms with Crippen LogP contribution in [0.5, 0.6) is 0 Å². The number of benzene rings is 2. The van der Waals surface area contributed by atoms with E-state index < -0.39 is 0 Å². The number of ether oxygens (including phenoxy) is 1. The number of hydrogen-bond acceptors (Lipinski definition) is 2. The molecule has 1 aromatic heterocycles. The summed E-state index contributed by atoms with van der Waals surface area (Å²) in [6.45, 7) is 3.93. The molecule has 23 heavy (non-hydrogen) atoms. The van der Waals surface area contributed by atoms with E-state index >= 15 is 0 Å². The SMILES string of the molecule is Fc1ccc2c(c1)c(N1CCOCC1)cn2Cc1ccccc1. The second kappa shape index (κ2) is 6.05. The molecule has 2 aromatic carbocycles. The molecule has 1 aliphatic heterocycles. The minimum Gasteiger partial charge on any atom is -0.378 e. The van der Waals surface area contributed by atoms with Crippen molar-refractivity contribution in [2.45, 2.75) is 6.54 Å². The van der Waals surface area contributed by atoms with E-state index in [4.69, 9.17) is 4.74 Å². The number of aromatic nitrogens is 1. The topological polar surface area (TPSA) is 17.4 Å². The molecule has 0 aliphatic carbocycles. The van der Waals surface area contributed by atoms with E-state index in [-0.39, 0.29) is 5.82 Å². The van der Waals surface area contributed by atoms with Crippen molar-refractivity contribution in [3.63, 3.8) is 0 Å². The molecule has 0 atom stereocenters. The van der Waals surface area contributed by atoms with Crippen molar-refractivity contribution in [1.29, 1.82) is 0 Å². The molecule has 1 aliphatic rings. The fourth-order valence-corrected chi connectivity index (χ4v) is 3.22. The molecule has 0 N–H and O–H groups in total. The Balaban J connectivity index is 1.78. The van der Waals surface area contributed by atoms with Crippen LogP contribution in [-0.4, -0.2) is 30.9 Å². The van der Waals surface area contributed by atoms with Crippen LogP contribution in [0.4, 0.5) is 10.1 Å². The highest BCUT2D eigenvalue weighted by Gasteiger charge is 2.17. The normalized spacial score (nSPS) is 15.3.